The molecule has 118 valence electrons. The molecular formula is C14H16BrN3O4. The van der Waals surface area contributed by atoms with Crippen LogP contribution in [0.25, 0.3) is 0 Å². The summed E-state index contributed by atoms with van der Waals surface area (Å²) < 4.78 is 7.29. The molecule has 0 bridgehead atoms. The largest absolute Gasteiger partial charge is 0.480 e. The van der Waals surface area contributed by atoms with E-state index in [0.29, 0.717) is 4.67 Å². The molecule has 1 amide bonds. The summed E-state index contributed by atoms with van der Waals surface area (Å²) in [6.45, 7) is 3.57. The Hall–Kier alpha value is -2.09. The number of nitrogens with one attached hydrogen (secondary N) is 1. The second-order valence-electron chi connectivity index (χ2n) is 5.05. The van der Waals surface area contributed by atoms with Crippen molar-refractivity contribution in [1.82, 2.24) is 15.1 Å². The molecule has 7 nitrogen and oxygen atoms in total. The van der Waals surface area contributed by atoms with Crippen molar-refractivity contribution in [2.24, 2.45) is 7.05 Å². The Morgan fingerprint density at radius 2 is 2.18 bits per heavy atom. The number of furan rings is 1. The fourth-order valence-electron chi connectivity index (χ4n) is 2.07. The first-order valence-corrected chi connectivity index (χ1v) is 7.36. The fourth-order valence-corrected chi connectivity index (χ4v) is 2.36. The van der Waals surface area contributed by atoms with Gasteiger partial charge in [-0.25, -0.2) is 4.79 Å². The molecule has 2 rings (SSSR count). The number of amides is 1. The van der Waals surface area contributed by atoms with Crippen LogP contribution in [-0.4, -0.2) is 32.8 Å². The Labute approximate surface area is 135 Å². The minimum atomic E-state index is -1.11. The summed E-state index contributed by atoms with van der Waals surface area (Å²) >= 11 is 3.17. The average molecular weight is 370 g/mol. The van der Waals surface area contributed by atoms with Crippen molar-refractivity contribution in [2.45, 2.75) is 26.3 Å². The van der Waals surface area contributed by atoms with E-state index in [1.807, 2.05) is 0 Å². The van der Waals surface area contributed by atoms with Gasteiger partial charge in [0.1, 0.15) is 6.04 Å². The molecule has 0 saturated heterocycles. The van der Waals surface area contributed by atoms with Crippen LogP contribution in [0.1, 0.15) is 27.4 Å². The first kappa shape index (κ1) is 16.3. The van der Waals surface area contributed by atoms with Gasteiger partial charge in [0.15, 0.2) is 10.4 Å². The van der Waals surface area contributed by atoms with Crippen LogP contribution < -0.4 is 5.32 Å². The summed E-state index contributed by atoms with van der Waals surface area (Å²) in [5, 5.41) is 15.9. The fraction of sp³-hybridized carbons (Fsp3) is 0.357. The van der Waals surface area contributed by atoms with Gasteiger partial charge >= 0.3 is 5.97 Å². The first-order valence-electron chi connectivity index (χ1n) is 6.56. The van der Waals surface area contributed by atoms with Gasteiger partial charge in [-0.1, -0.05) is 0 Å². The molecule has 0 aliphatic heterocycles. The van der Waals surface area contributed by atoms with E-state index in [1.165, 1.54) is 0 Å². The number of hydrogen-bond acceptors (Lipinski definition) is 4. The highest BCUT2D eigenvalue weighted by Gasteiger charge is 2.24. The van der Waals surface area contributed by atoms with Crippen LogP contribution in [0.4, 0.5) is 0 Å². The Morgan fingerprint density at radius 3 is 2.64 bits per heavy atom. The molecule has 1 unspecified atom stereocenters. The zero-order valence-corrected chi connectivity index (χ0v) is 14.0. The number of nitrogens with zero attached hydrogens (tertiary/aromatic N) is 2. The Bertz CT molecular complexity index is 700. The van der Waals surface area contributed by atoms with Crippen molar-refractivity contribution >= 4 is 27.8 Å². The Balaban J connectivity index is 2.13. The first-order chi connectivity index (χ1) is 10.3. The number of carboxylic acids is 1. The maximum Gasteiger partial charge on any atom is 0.326 e. The number of halogens is 1. The topological polar surface area (TPSA) is 97.4 Å². The monoisotopic (exact) mass is 369 g/mol. The second kappa shape index (κ2) is 6.35. The lowest BCUT2D eigenvalue weighted by molar-refractivity contribution is -0.139. The van der Waals surface area contributed by atoms with Crippen LogP contribution in [0.3, 0.4) is 0 Å². The van der Waals surface area contributed by atoms with Crippen LogP contribution in [0, 0.1) is 13.8 Å². The zero-order chi connectivity index (χ0) is 16.4. The van der Waals surface area contributed by atoms with E-state index >= 15 is 0 Å². The molecule has 2 N–H and O–H groups in total. The molecule has 8 heteroatoms. The van der Waals surface area contributed by atoms with Gasteiger partial charge in [0.2, 0.25) is 0 Å². The summed E-state index contributed by atoms with van der Waals surface area (Å²) in [5.74, 6) is -1.61. The standard InChI is InChI=1S/C14H16BrN3O4/c1-7-4-11(22-12(7)15)13(19)16-10(14(20)21)5-9-6-18(3)17-8(9)2/h4,6,10H,5H2,1-3H3,(H,16,19)(H,20,21). The summed E-state index contributed by atoms with van der Waals surface area (Å²) in [6, 6.07) is 0.493. The number of hydrogen-bond donors (Lipinski definition) is 2. The van der Waals surface area contributed by atoms with E-state index in [0.717, 1.165) is 16.8 Å². The maximum atomic E-state index is 12.1. The third-order valence-electron chi connectivity index (χ3n) is 3.22. The molecule has 2 aromatic heterocycles. The predicted octanol–water partition coefficient (Wildman–Crippen LogP) is 1.82. The zero-order valence-electron chi connectivity index (χ0n) is 12.4. The number of carboxylic acid groups (broad SMARTS) is 1. The molecule has 2 aromatic rings. The van der Waals surface area contributed by atoms with Crippen molar-refractivity contribution in [3.63, 3.8) is 0 Å². The average Bonchev–Trinajstić information content (AvgIpc) is 2.91. The summed E-state index contributed by atoms with van der Waals surface area (Å²) in [6.07, 6.45) is 1.90. The minimum Gasteiger partial charge on any atom is -0.480 e. The highest BCUT2D eigenvalue weighted by Crippen LogP contribution is 2.20. The Kier molecular flexibility index (Phi) is 4.70. The van der Waals surface area contributed by atoms with E-state index in [4.69, 9.17) is 4.42 Å². The van der Waals surface area contributed by atoms with Crippen molar-refractivity contribution in [3.8, 4) is 0 Å². The molecule has 2 heterocycles. The number of rotatable bonds is 5. The van der Waals surface area contributed by atoms with E-state index in [2.05, 4.69) is 26.3 Å². The van der Waals surface area contributed by atoms with Crippen LogP contribution in [0.2, 0.25) is 0 Å². The van der Waals surface area contributed by atoms with Gasteiger partial charge in [0.05, 0.1) is 5.69 Å². The number of carbonyl (C=O) groups excluding carboxylic acids is 1. The third-order valence-corrected chi connectivity index (χ3v) is 4.01. The SMILES string of the molecule is Cc1cc(C(=O)NC(Cc2cn(C)nc2C)C(=O)O)oc1Br. The molecule has 0 aliphatic carbocycles. The highest BCUT2D eigenvalue weighted by atomic mass is 79.9. The van der Waals surface area contributed by atoms with E-state index < -0.39 is 17.9 Å². The quantitative estimate of drug-likeness (QED) is 0.837. The minimum absolute atomic E-state index is 0.0681. The number of carbonyl (C=O) groups is 2. The summed E-state index contributed by atoms with van der Waals surface area (Å²) in [4.78, 5) is 23.5. The van der Waals surface area contributed by atoms with Crippen molar-refractivity contribution < 1.29 is 19.1 Å². The molecular weight excluding hydrogens is 354 g/mol. The van der Waals surface area contributed by atoms with Gasteiger partial charge < -0.3 is 14.8 Å². The Morgan fingerprint density at radius 1 is 1.50 bits per heavy atom. The summed E-state index contributed by atoms with van der Waals surface area (Å²) in [5.41, 5.74) is 2.27. The molecule has 22 heavy (non-hydrogen) atoms. The molecule has 0 fully saturated rings. The van der Waals surface area contributed by atoms with Crippen molar-refractivity contribution in [3.05, 3.63) is 39.5 Å². The van der Waals surface area contributed by atoms with Crippen molar-refractivity contribution in [1.29, 1.82) is 0 Å². The predicted molar refractivity (Wildman–Crippen MR) is 81.7 cm³/mol. The third kappa shape index (κ3) is 3.56. The number of aromatic nitrogens is 2. The van der Waals surface area contributed by atoms with Gasteiger partial charge in [-0.05, 0) is 41.4 Å². The van der Waals surface area contributed by atoms with Gasteiger partial charge in [-0.2, -0.15) is 5.10 Å². The van der Waals surface area contributed by atoms with Crippen LogP contribution in [0.5, 0.6) is 0 Å². The highest BCUT2D eigenvalue weighted by molar-refractivity contribution is 9.10. The van der Waals surface area contributed by atoms with Crippen molar-refractivity contribution in [2.75, 3.05) is 0 Å². The number of aliphatic carboxylic acids is 1. The van der Waals surface area contributed by atoms with Crippen LogP contribution in [-0.2, 0) is 18.3 Å². The van der Waals surface area contributed by atoms with Gasteiger partial charge in [0, 0.05) is 25.2 Å². The lowest BCUT2D eigenvalue weighted by Gasteiger charge is -2.13. The van der Waals surface area contributed by atoms with Gasteiger partial charge in [-0.3, -0.25) is 9.48 Å². The van der Waals surface area contributed by atoms with Crippen LogP contribution in [0.15, 0.2) is 21.3 Å². The lowest BCUT2D eigenvalue weighted by atomic mass is 10.1. The second-order valence-corrected chi connectivity index (χ2v) is 5.77. The van der Waals surface area contributed by atoms with E-state index in [9.17, 15) is 14.7 Å². The molecule has 0 radical (unpaired) electrons. The van der Waals surface area contributed by atoms with Gasteiger partial charge in [-0.15, -0.1) is 0 Å². The molecule has 0 spiro atoms. The number of aryl methyl sites for hydroxylation is 3. The van der Waals surface area contributed by atoms with Gasteiger partial charge in [0.25, 0.3) is 5.91 Å². The lowest BCUT2D eigenvalue weighted by Crippen LogP contribution is -2.42. The van der Waals surface area contributed by atoms with E-state index in [-0.39, 0.29) is 12.2 Å². The molecule has 1 atom stereocenters. The van der Waals surface area contributed by atoms with E-state index in [1.54, 1.807) is 37.8 Å². The smallest absolute Gasteiger partial charge is 0.326 e. The molecule has 0 aliphatic rings. The molecule has 0 saturated carbocycles. The van der Waals surface area contributed by atoms with Crippen LogP contribution >= 0.6 is 15.9 Å². The molecule has 0 aromatic carbocycles. The normalized spacial score (nSPS) is 12.2. The summed E-state index contributed by atoms with van der Waals surface area (Å²) in [7, 11) is 1.76. The maximum absolute atomic E-state index is 12.1.